The van der Waals surface area contributed by atoms with Crippen LogP contribution in [0.5, 0.6) is 5.88 Å². The SMILES string of the molecule is CC[C@@H](Oc1ncccc1C(F)(F)F)c1ccnc(N)n1.Fc1ncccc1C(F)(F)F. The molecule has 0 bridgehead atoms. The molecule has 1 atom stereocenters. The number of nitrogen functional groups attached to an aromatic ring is 1. The fourth-order valence-corrected chi connectivity index (χ4v) is 2.35. The van der Waals surface area contributed by atoms with Crippen LogP contribution in [0.1, 0.15) is 36.3 Å². The lowest BCUT2D eigenvalue weighted by molar-refractivity contribution is -0.141. The molecule has 172 valence electrons. The monoisotopic (exact) mass is 463 g/mol. The molecule has 0 aliphatic carbocycles. The maximum atomic E-state index is 12.9. The zero-order chi connectivity index (χ0) is 23.9. The number of pyridine rings is 2. The molecule has 0 amide bonds. The van der Waals surface area contributed by atoms with Crippen molar-refractivity contribution < 1.29 is 35.5 Å². The molecule has 3 heterocycles. The van der Waals surface area contributed by atoms with E-state index in [1.165, 1.54) is 18.5 Å². The molecule has 3 rings (SSSR count). The highest BCUT2D eigenvalue weighted by molar-refractivity contribution is 5.29. The number of rotatable bonds is 4. The molecule has 0 aromatic carbocycles. The van der Waals surface area contributed by atoms with Crippen molar-refractivity contribution in [1.29, 1.82) is 0 Å². The summed E-state index contributed by atoms with van der Waals surface area (Å²) in [7, 11) is 0. The highest BCUT2D eigenvalue weighted by Crippen LogP contribution is 2.36. The first-order chi connectivity index (χ1) is 14.9. The van der Waals surface area contributed by atoms with Crippen molar-refractivity contribution in [1.82, 2.24) is 19.9 Å². The Morgan fingerprint density at radius 1 is 0.875 bits per heavy atom. The third-order valence-corrected chi connectivity index (χ3v) is 3.79. The molecule has 2 N–H and O–H groups in total. The Bertz CT molecular complexity index is 1030. The Balaban J connectivity index is 0.000000278. The predicted octanol–water partition coefficient (Wildman–Crippen LogP) is 5.24. The number of nitrogens with zero attached hydrogens (tertiary/aromatic N) is 4. The minimum Gasteiger partial charge on any atom is -0.467 e. The third kappa shape index (κ3) is 6.75. The van der Waals surface area contributed by atoms with Gasteiger partial charge in [0.1, 0.15) is 17.2 Å². The van der Waals surface area contributed by atoms with Crippen LogP contribution in [0.3, 0.4) is 0 Å². The van der Waals surface area contributed by atoms with E-state index in [2.05, 4.69) is 19.9 Å². The van der Waals surface area contributed by atoms with Gasteiger partial charge in [-0.2, -0.15) is 30.7 Å². The van der Waals surface area contributed by atoms with Gasteiger partial charge < -0.3 is 10.5 Å². The lowest BCUT2D eigenvalue weighted by Crippen LogP contribution is -2.15. The number of hydrogen-bond donors (Lipinski definition) is 1. The average molecular weight is 463 g/mol. The number of ether oxygens (including phenoxy) is 1. The number of halogens is 7. The van der Waals surface area contributed by atoms with Crippen LogP contribution in [-0.2, 0) is 12.4 Å². The molecule has 0 aliphatic heterocycles. The molecule has 13 heteroatoms. The predicted molar refractivity (Wildman–Crippen MR) is 98.5 cm³/mol. The third-order valence-electron chi connectivity index (χ3n) is 3.79. The molecular formula is C19H16F7N5O. The van der Waals surface area contributed by atoms with E-state index in [9.17, 15) is 30.7 Å². The minimum atomic E-state index is -4.65. The highest BCUT2D eigenvalue weighted by Gasteiger charge is 2.36. The first-order valence-electron chi connectivity index (χ1n) is 8.88. The van der Waals surface area contributed by atoms with Gasteiger partial charge in [-0.15, -0.1) is 0 Å². The normalized spacial score (nSPS) is 12.5. The quantitative estimate of drug-likeness (QED) is 0.421. The smallest absolute Gasteiger partial charge is 0.421 e. The zero-order valence-corrected chi connectivity index (χ0v) is 16.3. The maximum Gasteiger partial charge on any atom is 0.421 e. The lowest BCUT2D eigenvalue weighted by Gasteiger charge is -2.19. The van der Waals surface area contributed by atoms with Gasteiger partial charge in [0, 0.05) is 18.6 Å². The Labute approximate surface area is 177 Å². The Kier molecular flexibility index (Phi) is 7.89. The van der Waals surface area contributed by atoms with Crippen molar-refractivity contribution in [3.63, 3.8) is 0 Å². The van der Waals surface area contributed by atoms with Gasteiger partial charge in [-0.25, -0.2) is 19.9 Å². The molecule has 0 fully saturated rings. The van der Waals surface area contributed by atoms with Crippen molar-refractivity contribution in [2.24, 2.45) is 0 Å². The topological polar surface area (TPSA) is 86.8 Å². The fourth-order valence-electron chi connectivity index (χ4n) is 2.35. The molecule has 3 aromatic rings. The van der Waals surface area contributed by atoms with Crippen molar-refractivity contribution in [3.05, 3.63) is 71.7 Å². The van der Waals surface area contributed by atoms with Gasteiger partial charge in [0.15, 0.2) is 0 Å². The number of aromatic nitrogens is 4. The van der Waals surface area contributed by atoms with Crippen LogP contribution in [0.2, 0.25) is 0 Å². The summed E-state index contributed by atoms with van der Waals surface area (Å²) >= 11 is 0. The lowest BCUT2D eigenvalue weighted by atomic mass is 10.2. The number of nitrogens with two attached hydrogens (primary N) is 1. The summed E-state index contributed by atoms with van der Waals surface area (Å²) in [5.74, 6) is -1.93. The standard InChI is InChI=1S/C13H13F3N4O.C6H3F4N/c1-2-10(9-5-7-19-12(17)20-9)21-11-8(13(14,15)16)4-3-6-18-11;7-5-4(6(8,9)10)2-1-3-11-5/h3-7,10H,2H2,1H3,(H2,17,19,20);1-3H/t10-;/m1./s1. The van der Waals surface area contributed by atoms with E-state index in [-0.39, 0.29) is 5.95 Å². The molecule has 0 radical (unpaired) electrons. The second-order valence-corrected chi connectivity index (χ2v) is 6.05. The van der Waals surface area contributed by atoms with Crippen LogP contribution in [0.15, 0.2) is 48.9 Å². The molecule has 0 unspecified atom stereocenters. The van der Waals surface area contributed by atoms with E-state index < -0.39 is 41.4 Å². The van der Waals surface area contributed by atoms with Crippen LogP contribution in [-0.4, -0.2) is 19.9 Å². The number of alkyl halides is 6. The summed E-state index contributed by atoms with van der Waals surface area (Å²) in [6, 6.07) is 5.34. The molecule has 0 aliphatic rings. The molecule has 6 nitrogen and oxygen atoms in total. The summed E-state index contributed by atoms with van der Waals surface area (Å²) in [5.41, 5.74) is 3.62. The van der Waals surface area contributed by atoms with E-state index in [1.807, 2.05) is 0 Å². The van der Waals surface area contributed by atoms with E-state index in [0.717, 1.165) is 18.3 Å². The van der Waals surface area contributed by atoms with Gasteiger partial charge in [-0.05, 0) is 36.8 Å². The fraction of sp³-hybridized carbons (Fsp3) is 0.263. The van der Waals surface area contributed by atoms with Gasteiger partial charge in [0.05, 0.1) is 5.69 Å². The van der Waals surface area contributed by atoms with Gasteiger partial charge in [0.25, 0.3) is 0 Å². The number of anilines is 1. The zero-order valence-electron chi connectivity index (χ0n) is 16.3. The van der Waals surface area contributed by atoms with E-state index in [4.69, 9.17) is 10.5 Å². The summed E-state index contributed by atoms with van der Waals surface area (Å²) in [6.45, 7) is 1.76. The number of hydrogen-bond acceptors (Lipinski definition) is 6. The molecule has 0 spiro atoms. The highest BCUT2D eigenvalue weighted by atomic mass is 19.4. The Hall–Kier alpha value is -3.51. The molecule has 0 saturated carbocycles. The van der Waals surface area contributed by atoms with Crippen molar-refractivity contribution in [3.8, 4) is 5.88 Å². The van der Waals surface area contributed by atoms with E-state index in [0.29, 0.717) is 18.2 Å². The van der Waals surface area contributed by atoms with Crippen LogP contribution in [0.4, 0.5) is 36.7 Å². The summed E-state index contributed by atoms with van der Waals surface area (Å²) < 4.78 is 91.7. The van der Waals surface area contributed by atoms with Crippen LogP contribution >= 0.6 is 0 Å². The molecule has 0 saturated heterocycles. The second kappa shape index (κ2) is 10.2. The summed E-state index contributed by atoms with van der Waals surface area (Å²) in [6.07, 6.45) is -5.84. The Morgan fingerprint density at radius 3 is 1.97 bits per heavy atom. The minimum absolute atomic E-state index is 0.0339. The molecule has 32 heavy (non-hydrogen) atoms. The van der Waals surface area contributed by atoms with Crippen LogP contribution in [0.25, 0.3) is 0 Å². The molecule has 3 aromatic heterocycles. The Morgan fingerprint density at radius 2 is 1.47 bits per heavy atom. The van der Waals surface area contributed by atoms with Gasteiger partial charge in [-0.1, -0.05) is 6.92 Å². The van der Waals surface area contributed by atoms with E-state index >= 15 is 0 Å². The largest absolute Gasteiger partial charge is 0.467 e. The van der Waals surface area contributed by atoms with Gasteiger partial charge in [0.2, 0.25) is 17.8 Å². The summed E-state index contributed by atoms with van der Waals surface area (Å²) in [5, 5.41) is 0. The first-order valence-corrected chi connectivity index (χ1v) is 8.88. The molecular weight excluding hydrogens is 447 g/mol. The maximum absolute atomic E-state index is 12.9. The van der Waals surface area contributed by atoms with Gasteiger partial charge >= 0.3 is 12.4 Å². The first kappa shape index (κ1) is 24.8. The van der Waals surface area contributed by atoms with Gasteiger partial charge in [-0.3, -0.25) is 0 Å². The van der Waals surface area contributed by atoms with Crippen molar-refractivity contribution in [2.75, 3.05) is 5.73 Å². The van der Waals surface area contributed by atoms with E-state index in [1.54, 1.807) is 13.0 Å². The van der Waals surface area contributed by atoms with Crippen molar-refractivity contribution in [2.45, 2.75) is 31.8 Å². The average Bonchev–Trinajstić information content (AvgIpc) is 2.71. The summed E-state index contributed by atoms with van der Waals surface area (Å²) in [4.78, 5) is 14.2. The van der Waals surface area contributed by atoms with Crippen LogP contribution < -0.4 is 10.5 Å². The van der Waals surface area contributed by atoms with Crippen LogP contribution in [0, 0.1) is 5.95 Å². The van der Waals surface area contributed by atoms with Crippen molar-refractivity contribution >= 4 is 5.95 Å². The second-order valence-electron chi connectivity index (χ2n) is 6.05.